The smallest absolute Gasteiger partial charge is 0.246 e. The Balaban J connectivity index is 1.89. The average molecular weight is 290 g/mol. The van der Waals surface area contributed by atoms with E-state index < -0.39 is 0 Å². The van der Waals surface area contributed by atoms with Crippen LogP contribution in [0.25, 0.3) is 11.0 Å². The van der Waals surface area contributed by atoms with Crippen molar-refractivity contribution in [3.8, 4) is 5.88 Å². The zero-order chi connectivity index (χ0) is 14.6. The first kappa shape index (κ1) is 12.6. The molecule has 0 bridgehead atoms. The molecule has 0 saturated carbocycles. The number of hydrogen-bond acceptors (Lipinski definition) is 7. The minimum atomic E-state index is 0.163. The molecular weight excluding hydrogens is 272 g/mol. The average Bonchev–Trinajstić information content (AvgIpc) is 2.99. The minimum Gasteiger partial charge on any atom is -0.474 e. The van der Waals surface area contributed by atoms with Gasteiger partial charge in [-0.15, -0.1) is 5.10 Å². The van der Waals surface area contributed by atoms with Gasteiger partial charge in [-0.1, -0.05) is 0 Å². The van der Waals surface area contributed by atoms with Crippen LogP contribution in [0.4, 0.5) is 11.8 Å². The molecule has 1 saturated heterocycles. The van der Waals surface area contributed by atoms with Crippen LogP contribution in [0.15, 0.2) is 0 Å². The Morgan fingerprint density at radius 2 is 2.14 bits per heavy atom. The molecule has 0 radical (unpaired) electrons. The van der Waals surface area contributed by atoms with E-state index in [4.69, 9.17) is 15.2 Å². The molecule has 0 aliphatic carbocycles. The fourth-order valence-corrected chi connectivity index (χ4v) is 3.20. The monoisotopic (exact) mass is 290 g/mol. The zero-order valence-corrected chi connectivity index (χ0v) is 12.0. The highest BCUT2D eigenvalue weighted by Crippen LogP contribution is 2.37. The van der Waals surface area contributed by atoms with E-state index in [1.165, 1.54) is 0 Å². The van der Waals surface area contributed by atoms with Gasteiger partial charge in [-0.3, -0.25) is 5.10 Å². The maximum Gasteiger partial charge on any atom is 0.246 e. The van der Waals surface area contributed by atoms with Gasteiger partial charge in [-0.25, -0.2) is 0 Å². The summed E-state index contributed by atoms with van der Waals surface area (Å²) in [4.78, 5) is 10.9. The summed E-state index contributed by atoms with van der Waals surface area (Å²) >= 11 is 0. The largest absolute Gasteiger partial charge is 0.474 e. The molecule has 2 aromatic rings. The SMILES string of the molecule is CC1CC(N2c3nc(N)nc4[nH]nc(c34)OCC2C)CO1. The first-order valence-corrected chi connectivity index (χ1v) is 7.18. The summed E-state index contributed by atoms with van der Waals surface area (Å²) in [6, 6.07) is 0.424. The normalized spacial score (nSPS) is 28.7. The Morgan fingerprint density at radius 1 is 1.29 bits per heavy atom. The molecule has 1 fully saturated rings. The van der Waals surface area contributed by atoms with E-state index in [1.54, 1.807) is 0 Å². The molecule has 3 atom stereocenters. The molecule has 2 aromatic heterocycles. The third-order valence-corrected chi connectivity index (χ3v) is 4.14. The summed E-state index contributed by atoms with van der Waals surface area (Å²) in [6.07, 6.45) is 1.22. The number of aromatic nitrogens is 4. The number of nitrogens with two attached hydrogens (primary N) is 1. The van der Waals surface area contributed by atoms with Gasteiger partial charge >= 0.3 is 0 Å². The molecular formula is C13H18N6O2. The van der Waals surface area contributed by atoms with E-state index in [9.17, 15) is 0 Å². The Hall–Kier alpha value is -2.09. The lowest BCUT2D eigenvalue weighted by Crippen LogP contribution is -2.45. The predicted molar refractivity (Wildman–Crippen MR) is 77.4 cm³/mol. The van der Waals surface area contributed by atoms with Crippen molar-refractivity contribution in [2.45, 2.75) is 38.5 Å². The molecule has 0 amide bonds. The van der Waals surface area contributed by atoms with Crippen LogP contribution in [0.5, 0.6) is 5.88 Å². The highest BCUT2D eigenvalue weighted by atomic mass is 16.5. The van der Waals surface area contributed by atoms with Crippen molar-refractivity contribution in [2.24, 2.45) is 0 Å². The molecule has 3 unspecified atom stereocenters. The van der Waals surface area contributed by atoms with Crippen molar-refractivity contribution < 1.29 is 9.47 Å². The van der Waals surface area contributed by atoms with Crippen molar-refractivity contribution in [2.75, 3.05) is 23.8 Å². The number of H-pyrrole nitrogens is 1. The molecule has 8 nitrogen and oxygen atoms in total. The Kier molecular flexibility index (Phi) is 2.68. The van der Waals surface area contributed by atoms with E-state index in [0.717, 1.165) is 17.6 Å². The molecule has 0 aromatic carbocycles. The topological polar surface area (TPSA) is 102 Å². The van der Waals surface area contributed by atoms with Gasteiger partial charge in [0.25, 0.3) is 0 Å². The van der Waals surface area contributed by atoms with Crippen molar-refractivity contribution in [1.82, 2.24) is 20.2 Å². The van der Waals surface area contributed by atoms with Crippen LogP contribution in [0.1, 0.15) is 20.3 Å². The molecule has 112 valence electrons. The van der Waals surface area contributed by atoms with Crippen LogP contribution in [-0.2, 0) is 4.74 Å². The highest BCUT2D eigenvalue weighted by Gasteiger charge is 2.36. The van der Waals surface area contributed by atoms with E-state index in [1.807, 2.05) is 0 Å². The van der Waals surface area contributed by atoms with Gasteiger partial charge in [-0.05, 0) is 20.3 Å². The lowest BCUT2D eigenvalue weighted by atomic mass is 10.1. The lowest BCUT2D eigenvalue weighted by Gasteiger charge is -2.33. The number of nitrogens with zero attached hydrogens (tertiary/aromatic N) is 4. The minimum absolute atomic E-state index is 0.163. The first-order chi connectivity index (χ1) is 10.1. The van der Waals surface area contributed by atoms with Crippen molar-refractivity contribution >= 4 is 22.8 Å². The summed E-state index contributed by atoms with van der Waals surface area (Å²) in [5.74, 6) is 1.56. The van der Waals surface area contributed by atoms with Crippen LogP contribution in [0.2, 0.25) is 0 Å². The number of nitrogens with one attached hydrogen (secondary N) is 1. The van der Waals surface area contributed by atoms with E-state index in [-0.39, 0.29) is 24.1 Å². The van der Waals surface area contributed by atoms with Crippen LogP contribution in [-0.4, -0.2) is 51.6 Å². The zero-order valence-electron chi connectivity index (χ0n) is 12.0. The van der Waals surface area contributed by atoms with Crippen LogP contribution in [0.3, 0.4) is 0 Å². The van der Waals surface area contributed by atoms with E-state index >= 15 is 0 Å². The number of hydrogen-bond donors (Lipinski definition) is 2. The summed E-state index contributed by atoms with van der Waals surface area (Å²) in [6.45, 7) is 5.43. The predicted octanol–water partition coefficient (Wildman–Crippen LogP) is 0.700. The standard InChI is InChI=1S/C13H18N6O2/c1-6-4-21-12-9-10(17-18-12)15-13(14)16-11(9)19(6)8-3-7(2)20-5-8/h6-8H,3-5H2,1-2H3,(H3,14,15,16,17,18). The Labute approximate surface area is 121 Å². The van der Waals surface area contributed by atoms with Crippen molar-refractivity contribution in [3.63, 3.8) is 0 Å². The molecule has 3 N–H and O–H groups in total. The van der Waals surface area contributed by atoms with Crippen molar-refractivity contribution in [3.05, 3.63) is 0 Å². The number of rotatable bonds is 1. The molecule has 4 heterocycles. The third-order valence-electron chi connectivity index (χ3n) is 4.14. The van der Waals surface area contributed by atoms with Gasteiger partial charge < -0.3 is 20.1 Å². The second-order valence-electron chi connectivity index (χ2n) is 5.76. The summed E-state index contributed by atoms with van der Waals surface area (Å²) < 4.78 is 11.5. The van der Waals surface area contributed by atoms with Gasteiger partial charge in [0.2, 0.25) is 11.8 Å². The second-order valence-corrected chi connectivity index (χ2v) is 5.76. The highest BCUT2D eigenvalue weighted by molar-refractivity contribution is 5.93. The summed E-state index contributed by atoms with van der Waals surface area (Å²) in [7, 11) is 0. The number of aromatic amines is 1. The number of ether oxygens (including phenoxy) is 2. The first-order valence-electron chi connectivity index (χ1n) is 7.18. The third kappa shape index (κ3) is 1.90. The molecule has 21 heavy (non-hydrogen) atoms. The fourth-order valence-electron chi connectivity index (χ4n) is 3.20. The summed E-state index contributed by atoms with van der Waals surface area (Å²) in [5, 5.41) is 7.83. The molecule has 4 rings (SSSR count). The number of anilines is 2. The van der Waals surface area contributed by atoms with Crippen LogP contribution < -0.4 is 15.4 Å². The molecule has 2 aliphatic rings. The Morgan fingerprint density at radius 3 is 2.90 bits per heavy atom. The molecule has 0 spiro atoms. The fraction of sp³-hybridized carbons (Fsp3) is 0.615. The van der Waals surface area contributed by atoms with Crippen molar-refractivity contribution in [1.29, 1.82) is 0 Å². The quantitative estimate of drug-likeness (QED) is 0.797. The van der Waals surface area contributed by atoms with E-state index in [0.29, 0.717) is 24.7 Å². The maximum absolute atomic E-state index is 5.85. The van der Waals surface area contributed by atoms with Gasteiger partial charge in [0.1, 0.15) is 17.8 Å². The van der Waals surface area contributed by atoms with Gasteiger partial charge in [0, 0.05) is 0 Å². The molecule has 8 heteroatoms. The number of nitrogen functional groups attached to an aromatic ring is 1. The maximum atomic E-state index is 5.85. The molecule has 2 aliphatic heterocycles. The summed E-state index contributed by atoms with van der Waals surface area (Å²) in [5.41, 5.74) is 6.46. The Bertz CT molecular complexity index is 687. The van der Waals surface area contributed by atoms with Gasteiger partial charge in [0.05, 0.1) is 24.8 Å². The van der Waals surface area contributed by atoms with Crippen LogP contribution in [0, 0.1) is 0 Å². The second kappa shape index (κ2) is 4.45. The van der Waals surface area contributed by atoms with Gasteiger partial charge in [-0.2, -0.15) is 9.97 Å². The van der Waals surface area contributed by atoms with Gasteiger partial charge in [0.15, 0.2) is 5.65 Å². The lowest BCUT2D eigenvalue weighted by molar-refractivity contribution is 0.122. The van der Waals surface area contributed by atoms with E-state index in [2.05, 4.69) is 38.9 Å². The van der Waals surface area contributed by atoms with Crippen LogP contribution >= 0.6 is 0 Å².